The third-order valence-corrected chi connectivity index (χ3v) is 13.3. The first kappa shape index (κ1) is 54.4. The normalized spacial score (nSPS) is 20.5. The zero-order chi connectivity index (χ0) is 49.2. The number of thioether (sulfide) groups is 1. The summed E-state index contributed by atoms with van der Waals surface area (Å²) < 4.78 is 5.57. The van der Waals surface area contributed by atoms with Crippen LogP contribution in [-0.4, -0.2) is 196 Å². The van der Waals surface area contributed by atoms with Crippen LogP contribution in [-0.2, 0) is 49.6 Å². The summed E-state index contributed by atoms with van der Waals surface area (Å²) in [5, 5.41) is 30.5. The Morgan fingerprint density at radius 2 is 1.48 bits per heavy atom. The molecule has 1 aromatic carbocycles. The molecule has 5 atom stereocenters. The van der Waals surface area contributed by atoms with Gasteiger partial charge in [0, 0.05) is 89.3 Å². The molecule has 3 saturated heterocycles. The fourth-order valence-electron chi connectivity index (χ4n) is 8.05. The maximum absolute atomic E-state index is 13.9. The van der Waals surface area contributed by atoms with E-state index in [2.05, 4.69) is 21.3 Å². The van der Waals surface area contributed by atoms with E-state index in [4.69, 9.17) is 4.74 Å². The zero-order valence-corrected chi connectivity index (χ0v) is 40.1. The molecule has 0 spiro atoms. The Labute approximate surface area is 396 Å². The van der Waals surface area contributed by atoms with Crippen molar-refractivity contribution in [3.63, 3.8) is 0 Å². The Morgan fingerprint density at radius 3 is 2.06 bits per heavy atom. The molecule has 0 saturated carbocycles. The number of carboxylic acid groups (broad SMARTS) is 2. The number of aliphatic carboxylic acids is 2. The second kappa shape index (κ2) is 27.0. The van der Waals surface area contributed by atoms with Gasteiger partial charge in [0.2, 0.25) is 23.6 Å². The number of carbonyl (C=O) groups is 9. The molecule has 67 heavy (non-hydrogen) atoms. The first-order chi connectivity index (χ1) is 31.8. The Bertz CT molecular complexity index is 1910. The maximum Gasteiger partial charge on any atom is 0.321 e. The number of benzene rings is 1. The summed E-state index contributed by atoms with van der Waals surface area (Å²) in [5.74, 6) is -4.66. The van der Waals surface area contributed by atoms with Crippen molar-refractivity contribution in [2.75, 3.05) is 96.2 Å². The highest BCUT2D eigenvalue weighted by Gasteiger charge is 2.37. The van der Waals surface area contributed by atoms with Gasteiger partial charge in [0.15, 0.2) is 12.0 Å². The number of ketones is 1. The Kier molecular flexibility index (Phi) is 21.9. The molecule has 3 aliphatic rings. The number of urea groups is 1. The molecule has 6 amide bonds. The number of rotatable bonds is 23. The first-order valence-electron chi connectivity index (χ1n) is 23.0. The van der Waals surface area contributed by atoms with Crippen molar-refractivity contribution in [1.29, 1.82) is 0 Å². The minimum absolute atomic E-state index is 0.0232. The lowest BCUT2D eigenvalue weighted by atomic mass is 9.85. The number of carbonyl (C=O) groups excluding carboxylic acids is 7. The predicted octanol–water partition coefficient (Wildman–Crippen LogP) is 0.731. The Morgan fingerprint density at radius 1 is 0.851 bits per heavy atom. The summed E-state index contributed by atoms with van der Waals surface area (Å²) in [6, 6.07) is 5.29. The van der Waals surface area contributed by atoms with Gasteiger partial charge in [0.25, 0.3) is 0 Å². The topological polar surface area (TPSA) is 268 Å². The molecule has 0 radical (unpaired) electrons. The van der Waals surface area contributed by atoms with Gasteiger partial charge in [-0.2, -0.15) is 11.8 Å². The number of likely N-dealkylation sites (tertiary alicyclic amines) is 1. The second-order valence-corrected chi connectivity index (χ2v) is 19.4. The lowest BCUT2D eigenvalue weighted by Crippen LogP contribution is -2.51. The van der Waals surface area contributed by atoms with Crippen LogP contribution in [0.3, 0.4) is 0 Å². The standard InChI is InChI=1S/C45H69N9O12S/c1-6-30(4)34(43(63)46-12-13-54-38(57)21-31(5)44(54)64)22-36(55)35(11-20-67-29(2)3)49-45(65)48-33-9-7-32(8-10-33)23-47-37(56)24-52-17-16-50(26-40(58)59)14-15-51(27-41(60)61)18-19-53-28-42(62)66-39(53)25-52/h7-10,29-31,34-35,39H,6,11-28H2,1-5H3,(H,46,63)(H,47,56)(H,58,59)(H,60,61)(H2,48,49,65)/t30-,31?,34-,35-,39?/m0/s1. The molecule has 6 N–H and O–H groups in total. The fourth-order valence-corrected chi connectivity index (χ4v) is 8.89. The molecule has 372 valence electrons. The predicted molar refractivity (Wildman–Crippen MR) is 249 cm³/mol. The highest BCUT2D eigenvalue weighted by atomic mass is 32.2. The van der Waals surface area contributed by atoms with E-state index in [0.29, 0.717) is 49.2 Å². The number of anilines is 1. The molecule has 2 unspecified atom stereocenters. The summed E-state index contributed by atoms with van der Waals surface area (Å²) in [4.78, 5) is 122. The van der Waals surface area contributed by atoms with Gasteiger partial charge in [-0.1, -0.05) is 53.2 Å². The summed E-state index contributed by atoms with van der Waals surface area (Å²) in [5.41, 5.74) is 1.16. The van der Waals surface area contributed by atoms with Crippen molar-refractivity contribution >= 4 is 70.8 Å². The van der Waals surface area contributed by atoms with E-state index in [9.17, 15) is 53.4 Å². The number of amides is 6. The first-order valence-corrected chi connectivity index (χ1v) is 24.1. The van der Waals surface area contributed by atoms with Crippen LogP contribution < -0.4 is 21.3 Å². The number of hydrogen-bond acceptors (Lipinski definition) is 15. The fraction of sp³-hybridized carbons (Fsp3) is 0.667. The third kappa shape index (κ3) is 18.5. The highest BCUT2D eigenvalue weighted by Crippen LogP contribution is 2.23. The van der Waals surface area contributed by atoms with E-state index in [1.54, 1.807) is 62.6 Å². The third-order valence-electron chi connectivity index (χ3n) is 12.1. The van der Waals surface area contributed by atoms with Crippen molar-refractivity contribution in [1.82, 2.24) is 40.4 Å². The number of imide groups is 1. The van der Waals surface area contributed by atoms with Crippen molar-refractivity contribution in [2.45, 2.75) is 84.4 Å². The van der Waals surface area contributed by atoms with Crippen molar-refractivity contribution in [2.24, 2.45) is 17.8 Å². The molecule has 21 nitrogen and oxygen atoms in total. The maximum atomic E-state index is 13.9. The number of hydrogen-bond donors (Lipinski definition) is 6. The summed E-state index contributed by atoms with van der Waals surface area (Å²) in [6.07, 6.45) is 0.318. The molecule has 1 aromatic rings. The van der Waals surface area contributed by atoms with E-state index in [0.717, 1.165) is 10.5 Å². The summed E-state index contributed by atoms with van der Waals surface area (Å²) in [6.45, 7) is 11.2. The van der Waals surface area contributed by atoms with Crippen molar-refractivity contribution in [3.05, 3.63) is 29.8 Å². The van der Waals surface area contributed by atoms with Crippen molar-refractivity contribution < 1.29 is 58.1 Å². The van der Waals surface area contributed by atoms with Crippen LogP contribution in [0.25, 0.3) is 0 Å². The smallest absolute Gasteiger partial charge is 0.321 e. The minimum Gasteiger partial charge on any atom is -0.480 e. The summed E-state index contributed by atoms with van der Waals surface area (Å²) in [7, 11) is 0. The molecular formula is C45H69N9O12S. The van der Waals surface area contributed by atoms with Gasteiger partial charge in [0.1, 0.15) is 0 Å². The van der Waals surface area contributed by atoms with E-state index in [1.165, 1.54) is 0 Å². The van der Waals surface area contributed by atoms with E-state index in [1.807, 2.05) is 27.7 Å². The van der Waals surface area contributed by atoms with Gasteiger partial charge < -0.3 is 36.2 Å². The van der Waals surface area contributed by atoms with Gasteiger partial charge in [0.05, 0.1) is 38.8 Å². The lowest BCUT2D eigenvalue weighted by Gasteiger charge is -2.33. The van der Waals surface area contributed by atoms with E-state index >= 15 is 0 Å². The number of carboxylic acids is 2. The second-order valence-electron chi connectivity index (χ2n) is 17.8. The van der Waals surface area contributed by atoms with Crippen LogP contribution in [0.4, 0.5) is 10.5 Å². The number of fused-ring (bicyclic) bond motifs is 1. The average Bonchev–Trinajstić information content (AvgIpc) is 3.73. The molecule has 3 aliphatic heterocycles. The molecule has 22 heteroatoms. The monoisotopic (exact) mass is 959 g/mol. The van der Waals surface area contributed by atoms with Gasteiger partial charge >= 0.3 is 23.9 Å². The van der Waals surface area contributed by atoms with Crippen LogP contribution in [0, 0.1) is 17.8 Å². The molecule has 0 aliphatic carbocycles. The number of Topliss-reactive ketones (excluding diaryl/α,β-unsaturated/α-hetero) is 1. The lowest BCUT2D eigenvalue weighted by molar-refractivity contribution is -0.143. The average molecular weight is 960 g/mol. The van der Waals surface area contributed by atoms with E-state index < -0.39 is 42.1 Å². The van der Waals surface area contributed by atoms with E-state index in [-0.39, 0.29) is 126 Å². The van der Waals surface area contributed by atoms with Crippen LogP contribution in [0.5, 0.6) is 0 Å². The van der Waals surface area contributed by atoms with Crippen LogP contribution in [0.15, 0.2) is 24.3 Å². The SMILES string of the molecule is CC[C@H](C)[C@H](CC(=O)[C@H](CCSC(C)C)NC(=O)Nc1ccc(CNC(=O)CN2CCN(CC(=O)O)CCN(CC(=O)O)CCN3CC(=O)OC3C2)cc1)C(=O)NCCN1C(=O)CC(C)C1=O. The van der Waals surface area contributed by atoms with Crippen LogP contribution >= 0.6 is 11.8 Å². The zero-order valence-electron chi connectivity index (χ0n) is 39.3. The molecule has 3 fully saturated rings. The minimum atomic E-state index is -1.04. The number of nitrogens with one attached hydrogen (secondary N) is 4. The molecule has 3 heterocycles. The quantitative estimate of drug-likeness (QED) is 0.0652. The molecular weight excluding hydrogens is 891 g/mol. The van der Waals surface area contributed by atoms with Crippen molar-refractivity contribution in [3.8, 4) is 0 Å². The number of ether oxygens (including phenoxy) is 1. The molecule has 4 rings (SSSR count). The van der Waals surface area contributed by atoms with Gasteiger partial charge in [-0.25, -0.2) is 4.79 Å². The van der Waals surface area contributed by atoms with Crippen LogP contribution in [0.1, 0.15) is 65.9 Å². The molecule has 0 aromatic heterocycles. The Balaban J connectivity index is 1.32. The molecule has 0 bridgehead atoms. The largest absolute Gasteiger partial charge is 0.480 e. The Hall–Kier alpha value is -5.16. The highest BCUT2D eigenvalue weighted by molar-refractivity contribution is 7.99. The van der Waals surface area contributed by atoms with Gasteiger partial charge in [-0.15, -0.1) is 0 Å². The van der Waals surface area contributed by atoms with Gasteiger partial charge in [-0.3, -0.25) is 62.9 Å². The van der Waals surface area contributed by atoms with Crippen LogP contribution in [0.2, 0.25) is 0 Å². The van der Waals surface area contributed by atoms with Gasteiger partial charge in [-0.05, 0) is 41.0 Å². The summed E-state index contributed by atoms with van der Waals surface area (Å²) >= 11 is 1.64. The number of esters is 1. The number of nitrogens with zero attached hydrogens (tertiary/aromatic N) is 5.